The number of benzene rings is 2. The summed E-state index contributed by atoms with van der Waals surface area (Å²) in [7, 11) is 0. The number of nitrogens with zero attached hydrogens (tertiary/aromatic N) is 1. The highest BCUT2D eigenvalue weighted by molar-refractivity contribution is 5.88. The fourth-order valence-electron chi connectivity index (χ4n) is 2.45. The molecule has 0 aliphatic heterocycles. The van der Waals surface area contributed by atoms with Gasteiger partial charge in [-0.1, -0.05) is 42.0 Å². The molecular formula is C21H18N2O4. The largest absolute Gasteiger partial charge is 0.478 e. The lowest BCUT2D eigenvalue weighted by molar-refractivity contribution is -0.120. The normalized spacial score (nSPS) is 10.9. The van der Waals surface area contributed by atoms with Gasteiger partial charge in [-0.25, -0.2) is 10.2 Å². The molecule has 6 nitrogen and oxygen atoms in total. The number of rotatable bonds is 6. The van der Waals surface area contributed by atoms with Gasteiger partial charge in [0, 0.05) is 5.56 Å². The Morgan fingerprint density at radius 3 is 2.41 bits per heavy atom. The summed E-state index contributed by atoms with van der Waals surface area (Å²) in [5.74, 6) is -0.136. The van der Waals surface area contributed by atoms with Gasteiger partial charge < -0.3 is 9.52 Å². The Morgan fingerprint density at radius 1 is 1.04 bits per heavy atom. The number of carbonyl (C=O) groups excluding carboxylic acids is 1. The first-order valence-electron chi connectivity index (χ1n) is 8.32. The molecule has 0 spiro atoms. The number of hydrazone groups is 1. The SMILES string of the molecule is Cc1ccc(CC(=O)N/N=C\c2ccc(-c3ccc(C(=O)O)cc3)o2)cc1. The molecule has 0 fully saturated rings. The molecule has 0 unspecified atom stereocenters. The van der Waals surface area contributed by atoms with Crippen molar-refractivity contribution in [3.8, 4) is 11.3 Å². The third kappa shape index (κ3) is 4.92. The van der Waals surface area contributed by atoms with E-state index in [0.29, 0.717) is 11.5 Å². The van der Waals surface area contributed by atoms with E-state index >= 15 is 0 Å². The van der Waals surface area contributed by atoms with Crippen LogP contribution >= 0.6 is 0 Å². The average Bonchev–Trinajstić information content (AvgIpc) is 3.12. The molecule has 0 saturated heterocycles. The number of hydrogen-bond acceptors (Lipinski definition) is 4. The third-order valence-corrected chi connectivity index (χ3v) is 3.91. The van der Waals surface area contributed by atoms with Gasteiger partial charge in [0.25, 0.3) is 0 Å². The Balaban J connectivity index is 1.57. The van der Waals surface area contributed by atoms with E-state index in [1.165, 1.54) is 18.3 Å². The van der Waals surface area contributed by atoms with Gasteiger partial charge in [0.15, 0.2) is 0 Å². The minimum atomic E-state index is -0.977. The van der Waals surface area contributed by atoms with E-state index in [1.807, 2.05) is 31.2 Å². The number of carboxylic acid groups (broad SMARTS) is 1. The van der Waals surface area contributed by atoms with Crippen LogP contribution in [0.15, 0.2) is 70.2 Å². The molecule has 0 aliphatic rings. The Kier molecular flexibility index (Phi) is 5.47. The summed E-state index contributed by atoms with van der Waals surface area (Å²) >= 11 is 0. The summed E-state index contributed by atoms with van der Waals surface area (Å²) in [6.45, 7) is 1.99. The zero-order valence-corrected chi connectivity index (χ0v) is 14.7. The van der Waals surface area contributed by atoms with Crippen LogP contribution in [-0.2, 0) is 11.2 Å². The maximum atomic E-state index is 11.9. The van der Waals surface area contributed by atoms with Crippen LogP contribution in [-0.4, -0.2) is 23.2 Å². The van der Waals surface area contributed by atoms with Crippen LogP contribution in [0.1, 0.15) is 27.2 Å². The monoisotopic (exact) mass is 362 g/mol. The molecule has 2 N–H and O–H groups in total. The Labute approximate surface area is 156 Å². The van der Waals surface area contributed by atoms with Gasteiger partial charge >= 0.3 is 5.97 Å². The molecule has 3 rings (SSSR count). The lowest BCUT2D eigenvalue weighted by atomic mass is 10.1. The van der Waals surface area contributed by atoms with Crippen LogP contribution in [0.2, 0.25) is 0 Å². The first-order chi connectivity index (χ1) is 13.0. The summed E-state index contributed by atoms with van der Waals surface area (Å²) in [4.78, 5) is 22.8. The Hall–Kier alpha value is -3.67. The molecule has 0 radical (unpaired) electrons. The van der Waals surface area contributed by atoms with Crippen molar-refractivity contribution < 1.29 is 19.1 Å². The van der Waals surface area contributed by atoms with E-state index in [2.05, 4.69) is 10.5 Å². The molecule has 1 amide bonds. The smallest absolute Gasteiger partial charge is 0.335 e. The lowest BCUT2D eigenvalue weighted by Crippen LogP contribution is -2.19. The number of nitrogens with one attached hydrogen (secondary N) is 1. The van der Waals surface area contributed by atoms with Crippen molar-refractivity contribution in [1.29, 1.82) is 0 Å². The predicted octanol–water partition coefficient (Wildman–Crippen LogP) is 3.65. The van der Waals surface area contributed by atoms with Gasteiger partial charge in [0.05, 0.1) is 18.2 Å². The highest BCUT2D eigenvalue weighted by atomic mass is 16.4. The third-order valence-electron chi connectivity index (χ3n) is 3.91. The molecule has 1 heterocycles. The molecule has 27 heavy (non-hydrogen) atoms. The first-order valence-corrected chi connectivity index (χ1v) is 8.32. The van der Waals surface area contributed by atoms with Gasteiger partial charge in [-0.05, 0) is 36.8 Å². The number of amides is 1. The lowest BCUT2D eigenvalue weighted by Gasteiger charge is -2.00. The maximum absolute atomic E-state index is 11.9. The van der Waals surface area contributed by atoms with E-state index in [1.54, 1.807) is 24.3 Å². The highest BCUT2D eigenvalue weighted by Crippen LogP contribution is 2.22. The quantitative estimate of drug-likeness (QED) is 0.517. The number of carbonyl (C=O) groups is 2. The van der Waals surface area contributed by atoms with Crippen LogP contribution in [0.3, 0.4) is 0 Å². The van der Waals surface area contributed by atoms with Crippen molar-refractivity contribution >= 4 is 18.1 Å². The molecule has 0 bridgehead atoms. The fraction of sp³-hybridized carbons (Fsp3) is 0.0952. The van der Waals surface area contributed by atoms with Crippen molar-refractivity contribution in [3.05, 3.63) is 83.1 Å². The van der Waals surface area contributed by atoms with Crippen LogP contribution < -0.4 is 5.43 Å². The minimum absolute atomic E-state index is 0.211. The molecule has 1 aromatic heterocycles. The van der Waals surface area contributed by atoms with Crippen molar-refractivity contribution in [2.75, 3.05) is 0 Å². The molecule has 2 aromatic carbocycles. The van der Waals surface area contributed by atoms with E-state index in [4.69, 9.17) is 9.52 Å². The Morgan fingerprint density at radius 2 is 1.74 bits per heavy atom. The second-order valence-corrected chi connectivity index (χ2v) is 6.04. The van der Waals surface area contributed by atoms with E-state index in [9.17, 15) is 9.59 Å². The molecule has 136 valence electrons. The minimum Gasteiger partial charge on any atom is -0.478 e. The fourth-order valence-corrected chi connectivity index (χ4v) is 2.45. The molecule has 0 atom stereocenters. The second-order valence-electron chi connectivity index (χ2n) is 6.04. The summed E-state index contributed by atoms with van der Waals surface area (Å²) in [5, 5.41) is 12.8. The average molecular weight is 362 g/mol. The van der Waals surface area contributed by atoms with Crippen LogP contribution in [0.25, 0.3) is 11.3 Å². The van der Waals surface area contributed by atoms with Gasteiger partial charge in [-0.3, -0.25) is 4.79 Å². The molecular weight excluding hydrogens is 344 g/mol. The van der Waals surface area contributed by atoms with Crippen molar-refractivity contribution in [1.82, 2.24) is 5.43 Å². The number of carboxylic acids is 1. The van der Waals surface area contributed by atoms with E-state index in [-0.39, 0.29) is 17.9 Å². The molecule has 0 aliphatic carbocycles. The highest BCUT2D eigenvalue weighted by Gasteiger charge is 2.07. The standard InChI is InChI=1S/C21H18N2O4/c1-14-2-4-15(5-3-14)12-20(24)23-22-13-18-10-11-19(27-18)16-6-8-17(9-7-16)21(25)26/h2-11,13H,12H2,1H3,(H,23,24)(H,25,26)/b22-13-. The molecule has 6 heteroatoms. The molecule has 0 saturated carbocycles. The van der Waals surface area contributed by atoms with Gasteiger partial charge in [-0.15, -0.1) is 0 Å². The van der Waals surface area contributed by atoms with E-state index in [0.717, 1.165) is 16.7 Å². The zero-order chi connectivity index (χ0) is 19.2. The number of aryl methyl sites for hydroxylation is 1. The molecule has 3 aromatic rings. The predicted molar refractivity (Wildman–Crippen MR) is 102 cm³/mol. The van der Waals surface area contributed by atoms with Crippen molar-refractivity contribution in [3.63, 3.8) is 0 Å². The van der Waals surface area contributed by atoms with Crippen LogP contribution in [0, 0.1) is 6.92 Å². The van der Waals surface area contributed by atoms with Crippen molar-refractivity contribution in [2.45, 2.75) is 13.3 Å². The number of furan rings is 1. The van der Waals surface area contributed by atoms with Gasteiger partial charge in [0.2, 0.25) is 5.91 Å². The summed E-state index contributed by atoms with van der Waals surface area (Å²) in [6.07, 6.45) is 1.67. The topological polar surface area (TPSA) is 91.9 Å². The van der Waals surface area contributed by atoms with E-state index < -0.39 is 5.97 Å². The van der Waals surface area contributed by atoms with Crippen LogP contribution in [0.5, 0.6) is 0 Å². The summed E-state index contributed by atoms with van der Waals surface area (Å²) in [6, 6.07) is 17.6. The summed E-state index contributed by atoms with van der Waals surface area (Å²) in [5.41, 5.74) is 5.49. The van der Waals surface area contributed by atoms with Crippen LogP contribution in [0.4, 0.5) is 0 Å². The maximum Gasteiger partial charge on any atom is 0.335 e. The number of hydrogen-bond donors (Lipinski definition) is 2. The second kappa shape index (κ2) is 8.14. The van der Waals surface area contributed by atoms with Gasteiger partial charge in [0.1, 0.15) is 11.5 Å². The Bertz CT molecular complexity index is 970. The van der Waals surface area contributed by atoms with Gasteiger partial charge in [-0.2, -0.15) is 5.10 Å². The number of aromatic carboxylic acids is 1. The summed E-state index contributed by atoms with van der Waals surface area (Å²) < 4.78 is 5.64. The zero-order valence-electron chi connectivity index (χ0n) is 14.7. The van der Waals surface area contributed by atoms with Crippen molar-refractivity contribution in [2.24, 2.45) is 5.10 Å². The first kappa shape index (κ1) is 18.1.